The maximum absolute atomic E-state index is 5.74. The molecule has 0 unspecified atom stereocenters. The second kappa shape index (κ2) is 5.54. The quantitative estimate of drug-likeness (QED) is 0.731. The lowest BCUT2D eigenvalue weighted by Gasteiger charge is -2.06. The van der Waals surface area contributed by atoms with Gasteiger partial charge in [0.05, 0.1) is 18.8 Å². The summed E-state index contributed by atoms with van der Waals surface area (Å²) in [5, 5.41) is 0. The van der Waals surface area contributed by atoms with Crippen molar-refractivity contribution in [2.45, 2.75) is 6.61 Å². The first-order valence-corrected chi connectivity index (χ1v) is 6.95. The summed E-state index contributed by atoms with van der Waals surface area (Å²) >= 11 is 3.46. The zero-order valence-electron chi connectivity index (χ0n) is 10.9. The van der Waals surface area contributed by atoms with Gasteiger partial charge in [-0.1, -0.05) is 18.2 Å². The molecule has 0 N–H and O–H groups in total. The number of hydrogen-bond donors (Lipinski definition) is 0. The Morgan fingerprint density at radius 3 is 2.65 bits per heavy atom. The van der Waals surface area contributed by atoms with E-state index in [2.05, 4.69) is 20.9 Å². The summed E-state index contributed by atoms with van der Waals surface area (Å²) in [5.74, 6) is 2.42. The number of nitrogens with zero attached hydrogens (tertiary/aromatic N) is 2. The summed E-state index contributed by atoms with van der Waals surface area (Å²) in [6.07, 6.45) is 1.90. The smallest absolute Gasteiger partial charge is 0.152 e. The van der Waals surface area contributed by atoms with E-state index < -0.39 is 0 Å². The first-order valence-electron chi connectivity index (χ1n) is 6.16. The van der Waals surface area contributed by atoms with E-state index in [0.717, 1.165) is 27.4 Å². The van der Waals surface area contributed by atoms with Gasteiger partial charge in [-0.2, -0.15) is 0 Å². The fraction of sp³-hybridized carbons (Fsp3) is 0.133. The number of pyridine rings is 1. The summed E-state index contributed by atoms with van der Waals surface area (Å²) in [7, 11) is 1.65. The molecular formula is C15H13BrN2O2. The Hall–Kier alpha value is -2.01. The predicted octanol–water partition coefficient (Wildman–Crippen LogP) is 3.68. The molecule has 0 bridgehead atoms. The number of methoxy groups -OCH3 is 1. The molecule has 0 aliphatic carbocycles. The highest BCUT2D eigenvalue weighted by Gasteiger charge is 2.10. The predicted molar refractivity (Wildman–Crippen MR) is 80.2 cm³/mol. The minimum atomic E-state index is 0.393. The number of ether oxygens (including phenoxy) is 2. The number of imidazole rings is 1. The third kappa shape index (κ3) is 2.49. The number of benzene rings is 1. The monoisotopic (exact) mass is 332 g/mol. The maximum Gasteiger partial charge on any atom is 0.152 e. The van der Waals surface area contributed by atoms with Crippen molar-refractivity contribution in [2.24, 2.45) is 0 Å². The topological polar surface area (TPSA) is 35.8 Å². The standard InChI is InChI=1S/C15H13BrN2O2/c1-19-12-7-8-13-15(16)17-14(18(13)9-12)10-20-11-5-3-2-4-6-11/h2-9H,10H2,1H3. The third-order valence-corrected chi connectivity index (χ3v) is 3.57. The van der Waals surface area contributed by atoms with Crippen LogP contribution in [-0.2, 0) is 6.61 Å². The normalized spacial score (nSPS) is 10.7. The minimum Gasteiger partial charge on any atom is -0.495 e. The summed E-state index contributed by atoms with van der Waals surface area (Å²) in [5.41, 5.74) is 0.984. The largest absolute Gasteiger partial charge is 0.495 e. The second-order valence-corrected chi connectivity index (χ2v) is 5.00. The van der Waals surface area contributed by atoms with Crippen molar-refractivity contribution >= 4 is 21.4 Å². The van der Waals surface area contributed by atoms with E-state index in [1.54, 1.807) is 7.11 Å². The van der Waals surface area contributed by atoms with Crippen molar-refractivity contribution in [3.05, 3.63) is 59.1 Å². The molecular weight excluding hydrogens is 320 g/mol. The van der Waals surface area contributed by atoms with Crippen LogP contribution >= 0.6 is 15.9 Å². The molecule has 5 heteroatoms. The van der Waals surface area contributed by atoms with Gasteiger partial charge in [-0.15, -0.1) is 0 Å². The van der Waals surface area contributed by atoms with Crippen LogP contribution in [0.15, 0.2) is 53.3 Å². The van der Waals surface area contributed by atoms with Crippen LogP contribution < -0.4 is 9.47 Å². The zero-order chi connectivity index (χ0) is 13.9. The van der Waals surface area contributed by atoms with Crippen molar-refractivity contribution < 1.29 is 9.47 Å². The average molecular weight is 333 g/mol. The van der Waals surface area contributed by atoms with Crippen LogP contribution in [0.2, 0.25) is 0 Å². The van der Waals surface area contributed by atoms with Crippen molar-refractivity contribution in [1.29, 1.82) is 0 Å². The van der Waals surface area contributed by atoms with Crippen LogP contribution in [0.1, 0.15) is 5.82 Å². The lowest BCUT2D eigenvalue weighted by atomic mass is 10.3. The van der Waals surface area contributed by atoms with Crippen LogP contribution in [-0.4, -0.2) is 16.5 Å². The van der Waals surface area contributed by atoms with Crippen LogP contribution in [0.25, 0.3) is 5.52 Å². The van der Waals surface area contributed by atoms with Gasteiger partial charge in [-0.25, -0.2) is 4.98 Å². The van der Waals surface area contributed by atoms with Gasteiger partial charge in [0.15, 0.2) is 5.82 Å². The van der Waals surface area contributed by atoms with E-state index in [1.165, 1.54) is 0 Å². The van der Waals surface area contributed by atoms with Gasteiger partial charge in [-0.3, -0.25) is 4.40 Å². The van der Waals surface area contributed by atoms with Gasteiger partial charge < -0.3 is 9.47 Å². The Labute approximate surface area is 125 Å². The highest BCUT2D eigenvalue weighted by atomic mass is 79.9. The Bertz CT molecular complexity index is 725. The molecule has 0 radical (unpaired) electrons. The number of para-hydroxylation sites is 1. The molecule has 0 saturated heterocycles. The summed E-state index contributed by atoms with van der Waals surface area (Å²) in [6.45, 7) is 0.393. The molecule has 0 spiro atoms. The molecule has 102 valence electrons. The van der Waals surface area contributed by atoms with Crippen LogP contribution in [0.3, 0.4) is 0 Å². The fourth-order valence-electron chi connectivity index (χ4n) is 1.97. The fourth-order valence-corrected chi connectivity index (χ4v) is 2.50. The third-order valence-electron chi connectivity index (χ3n) is 2.98. The lowest BCUT2D eigenvalue weighted by molar-refractivity contribution is 0.295. The van der Waals surface area contributed by atoms with Crippen molar-refractivity contribution in [1.82, 2.24) is 9.38 Å². The van der Waals surface area contributed by atoms with Crippen molar-refractivity contribution in [2.75, 3.05) is 7.11 Å². The van der Waals surface area contributed by atoms with Gasteiger partial charge in [0.25, 0.3) is 0 Å². The van der Waals surface area contributed by atoms with Crippen LogP contribution in [0.4, 0.5) is 0 Å². The summed E-state index contributed by atoms with van der Waals surface area (Å²) in [4.78, 5) is 4.48. The van der Waals surface area contributed by atoms with Gasteiger partial charge >= 0.3 is 0 Å². The van der Waals surface area contributed by atoms with E-state index in [4.69, 9.17) is 9.47 Å². The number of fused-ring (bicyclic) bond motifs is 1. The Balaban J connectivity index is 1.91. The highest BCUT2D eigenvalue weighted by Crippen LogP contribution is 2.23. The van der Waals surface area contributed by atoms with Gasteiger partial charge in [0.2, 0.25) is 0 Å². The summed E-state index contributed by atoms with van der Waals surface area (Å²) < 4.78 is 13.7. The molecule has 1 aromatic carbocycles. The zero-order valence-corrected chi connectivity index (χ0v) is 12.5. The molecule has 2 aromatic heterocycles. The molecule has 0 aliphatic rings. The first-order chi connectivity index (χ1) is 9.78. The van der Waals surface area contributed by atoms with Crippen molar-refractivity contribution in [3.8, 4) is 11.5 Å². The molecule has 0 saturated carbocycles. The molecule has 0 aliphatic heterocycles. The van der Waals surface area contributed by atoms with E-state index in [9.17, 15) is 0 Å². The molecule has 0 amide bonds. The number of aromatic nitrogens is 2. The van der Waals surface area contributed by atoms with Gasteiger partial charge in [0, 0.05) is 0 Å². The number of rotatable bonds is 4. The van der Waals surface area contributed by atoms with E-state index >= 15 is 0 Å². The summed E-state index contributed by atoms with van der Waals surface area (Å²) in [6, 6.07) is 13.6. The first kappa shape index (κ1) is 13.0. The molecule has 4 nitrogen and oxygen atoms in total. The Kier molecular flexibility index (Phi) is 3.60. The average Bonchev–Trinajstić information content (AvgIpc) is 2.82. The molecule has 2 heterocycles. The van der Waals surface area contributed by atoms with E-state index in [0.29, 0.717) is 6.61 Å². The highest BCUT2D eigenvalue weighted by molar-refractivity contribution is 9.10. The van der Waals surface area contributed by atoms with E-state index in [1.807, 2.05) is 53.1 Å². The van der Waals surface area contributed by atoms with E-state index in [-0.39, 0.29) is 0 Å². The molecule has 20 heavy (non-hydrogen) atoms. The number of hydrogen-bond acceptors (Lipinski definition) is 3. The minimum absolute atomic E-state index is 0.393. The van der Waals surface area contributed by atoms with Gasteiger partial charge in [-0.05, 0) is 40.2 Å². The Morgan fingerprint density at radius 1 is 1.10 bits per heavy atom. The number of halogens is 1. The van der Waals surface area contributed by atoms with Crippen molar-refractivity contribution in [3.63, 3.8) is 0 Å². The Morgan fingerprint density at radius 2 is 1.90 bits per heavy atom. The second-order valence-electron chi connectivity index (χ2n) is 4.24. The van der Waals surface area contributed by atoms with Gasteiger partial charge in [0.1, 0.15) is 22.7 Å². The molecule has 0 fully saturated rings. The SMILES string of the molecule is COc1ccc2c(Br)nc(COc3ccccc3)n2c1. The lowest BCUT2D eigenvalue weighted by Crippen LogP contribution is -2.01. The molecule has 3 rings (SSSR count). The van der Waals surface area contributed by atoms with Crippen LogP contribution in [0.5, 0.6) is 11.5 Å². The molecule has 3 aromatic rings. The molecule has 0 atom stereocenters. The van der Waals surface area contributed by atoms with Crippen LogP contribution in [0, 0.1) is 0 Å². The maximum atomic E-state index is 5.74.